The normalized spacial score (nSPS) is 14.0. The van der Waals surface area contributed by atoms with Crippen LogP contribution in [-0.2, 0) is 10.8 Å². The number of hydrogen-bond donors (Lipinski definition) is 0. The Morgan fingerprint density at radius 3 is 1.54 bits per heavy atom. The van der Waals surface area contributed by atoms with Crippen LogP contribution in [-0.4, -0.2) is 0 Å². The molecule has 0 aliphatic heterocycles. The van der Waals surface area contributed by atoms with Crippen LogP contribution in [0.4, 0.5) is 17.1 Å². The van der Waals surface area contributed by atoms with Gasteiger partial charge in [-0.15, -0.1) is 0 Å². The Labute approximate surface area is 347 Å². The Balaban J connectivity index is 0.994. The van der Waals surface area contributed by atoms with Crippen LogP contribution in [0, 0.1) is 0 Å². The minimum absolute atomic E-state index is 0.0412. The zero-order valence-corrected chi connectivity index (χ0v) is 34.0. The van der Waals surface area contributed by atoms with Crippen molar-refractivity contribution in [1.29, 1.82) is 0 Å². The van der Waals surface area contributed by atoms with Crippen LogP contribution in [0.25, 0.3) is 66.4 Å². The van der Waals surface area contributed by atoms with E-state index < -0.39 is 0 Å². The summed E-state index contributed by atoms with van der Waals surface area (Å²) in [5.41, 5.74) is 21.6. The van der Waals surface area contributed by atoms with E-state index in [0.717, 1.165) is 17.1 Å². The number of hydrogen-bond acceptors (Lipinski definition) is 1. The van der Waals surface area contributed by atoms with E-state index in [1.807, 2.05) is 0 Å². The van der Waals surface area contributed by atoms with Crippen molar-refractivity contribution in [3.05, 3.63) is 222 Å². The molecular formula is C58H45N. The molecule has 0 amide bonds. The van der Waals surface area contributed by atoms with Crippen molar-refractivity contribution in [1.82, 2.24) is 0 Å². The third-order valence-electron chi connectivity index (χ3n) is 13.2. The molecule has 0 aromatic heterocycles. The molecule has 11 rings (SSSR count). The molecule has 9 aromatic carbocycles. The summed E-state index contributed by atoms with van der Waals surface area (Å²) in [6.07, 6.45) is 0. The molecule has 0 saturated carbocycles. The zero-order valence-electron chi connectivity index (χ0n) is 34.0. The fourth-order valence-corrected chi connectivity index (χ4v) is 10.2. The molecule has 2 aliphatic carbocycles. The summed E-state index contributed by atoms with van der Waals surface area (Å²) in [5.74, 6) is 0. The topological polar surface area (TPSA) is 3.24 Å². The van der Waals surface area contributed by atoms with Gasteiger partial charge in [-0.1, -0.05) is 179 Å². The van der Waals surface area contributed by atoms with Crippen molar-refractivity contribution in [2.24, 2.45) is 0 Å². The quantitative estimate of drug-likeness (QED) is 0.163. The molecule has 0 N–H and O–H groups in total. The van der Waals surface area contributed by atoms with Crippen molar-refractivity contribution in [2.75, 3.05) is 4.90 Å². The monoisotopic (exact) mass is 755 g/mol. The lowest BCUT2D eigenvalue weighted by Crippen LogP contribution is -2.16. The van der Waals surface area contributed by atoms with Crippen molar-refractivity contribution in [3.63, 3.8) is 0 Å². The summed E-state index contributed by atoms with van der Waals surface area (Å²) in [5, 5.41) is 2.50. The van der Waals surface area contributed by atoms with E-state index in [4.69, 9.17) is 0 Å². The molecule has 1 nitrogen and oxygen atoms in total. The molecule has 0 heterocycles. The number of anilines is 3. The highest BCUT2D eigenvalue weighted by Crippen LogP contribution is 2.53. The van der Waals surface area contributed by atoms with Crippen LogP contribution in [0.3, 0.4) is 0 Å². The van der Waals surface area contributed by atoms with Crippen LogP contribution in [0.1, 0.15) is 49.9 Å². The Hall–Kier alpha value is -6.96. The SMILES string of the molecule is CC1(C)c2ccccc2-c2ccc(-c3ccc(N(c4ccc(-c5cccc6c5C(C)(C)c5ccccc5-6)cc4)c4cccc(-c5ccc6ccccc6c5)c4)cc3)cc21. The molecule has 282 valence electrons. The molecule has 0 bridgehead atoms. The van der Waals surface area contributed by atoms with E-state index in [1.165, 1.54) is 88.7 Å². The maximum atomic E-state index is 2.41. The van der Waals surface area contributed by atoms with Crippen molar-refractivity contribution < 1.29 is 0 Å². The number of nitrogens with zero attached hydrogens (tertiary/aromatic N) is 1. The predicted octanol–water partition coefficient (Wildman–Crippen LogP) is 15.9. The first-order valence-corrected chi connectivity index (χ1v) is 20.8. The molecule has 0 unspecified atom stereocenters. The lowest BCUT2D eigenvalue weighted by Gasteiger charge is -2.27. The minimum atomic E-state index is -0.0866. The van der Waals surface area contributed by atoms with Gasteiger partial charge in [0.1, 0.15) is 0 Å². The van der Waals surface area contributed by atoms with Crippen LogP contribution in [0.15, 0.2) is 200 Å². The first-order chi connectivity index (χ1) is 28.8. The highest BCUT2D eigenvalue weighted by atomic mass is 15.1. The molecule has 0 atom stereocenters. The van der Waals surface area contributed by atoms with Gasteiger partial charge in [-0.25, -0.2) is 0 Å². The van der Waals surface area contributed by atoms with Crippen molar-refractivity contribution >= 4 is 27.8 Å². The van der Waals surface area contributed by atoms with Gasteiger partial charge in [0.05, 0.1) is 0 Å². The van der Waals surface area contributed by atoms with E-state index in [0.29, 0.717) is 0 Å². The van der Waals surface area contributed by atoms with Gasteiger partial charge in [0.25, 0.3) is 0 Å². The summed E-state index contributed by atoms with van der Waals surface area (Å²) in [6, 6.07) is 74.2. The smallest absolute Gasteiger partial charge is 0.0467 e. The van der Waals surface area contributed by atoms with E-state index in [9.17, 15) is 0 Å². The predicted molar refractivity (Wildman–Crippen MR) is 250 cm³/mol. The third kappa shape index (κ3) is 5.60. The van der Waals surface area contributed by atoms with Gasteiger partial charge in [0.2, 0.25) is 0 Å². The average molecular weight is 756 g/mol. The lowest BCUT2D eigenvalue weighted by molar-refractivity contribution is 0.660. The average Bonchev–Trinajstić information content (AvgIpc) is 3.66. The first kappa shape index (κ1) is 35.2. The van der Waals surface area contributed by atoms with E-state index in [-0.39, 0.29) is 10.8 Å². The summed E-state index contributed by atoms with van der Waals surface area (Å²) >= 11 is 0. The summed E-state index contributed by atoms with van der Waals surface area (Å²) < 4.78 is 0. The Kier molecular flexibility index (Phi) is 7.94. The van der Waals surface area contributed by atoms with E-state index >= 15 is 0 Å². The second-order valence-electron chi connectivity index (χ2n) is 17.4. The van der Waals surface area contributed by atoms with Gasteiger partial charge >= 0.3 is 0 Å². The molecule has 9 aromatic rings. The van der Waals surface area contributed by atoms with E-state index in [1.54, 1.807) is 0 Å². The van der Waals surface area contributed by atoms with Gasteiger partial charge in [-0.2, -0.15) is 0 Å². The molecule has 0 saturated heterocycles. The van der Waals surface area contributed by atoms with Gasteiger partial charge in [-0.05, 0) is 137 Å². The summed E-state index contributed by atoms with van der Waals surface area (Å²) in [4.78, 5) is 2.40. The first-order valence-electron chi connectivity index (χ1n) is 20.8. The summed E-state index contributed by atoms with van der Waals surface area (Å²) in [6.45, 7) is 9.44. The molecule has 59 heavy (non-hydrogen) atoms. The largest absolute Gasteiger partial charge is 0.310 e. The highest BCUT2D eigenvalue weighted by Gasteiger charge is 2.37. The second-order valence-corrected chi connectivity index (χ2v) is 17.4. The number of rotatable bonds is 6. The van der Waals surface area contributed by atoms with E-state index in [2.05, 4.69) is 233 Å². The molecule has 1 heteroatoms. The van der Waals surface area contributed by atoms with Crippen LogP contribution >= 0.6 is 0 Å². The zero-order chi connectivity index (χ0) is 39.9. The standard InChI is InChI=1S/C58H45N/c1-57(2)53-21-9-7-17-49(53)51-34-29-44(37-55(51)57)39-25-30-45(31-26-39)59(47-16-11-15-42(36-47)43-24-23-38-13-5-6-14-41(38)35-43)46-32-27-40(28-33-46)48-19-12-20-52-50-18-8-10-22-54(50)58(3,4)56(48)52/h5-37H,1-4H3. The lowest BCUT2D eigenvalue weighted by atomic mass is 9.79. The number of benzene rings is 9. The fourth-order valence-electron chi connectivity index (χ4n) is 10.2. The highest BCUT2D eigenvalue weighted by molar-refractivity contribution is 5.91. The van der Waals surface area contributed by atoms with Crippen molar-refractivity contribution in [3.8, 4) is 55.6 Å². The fraction of sp³-hybridized carbons (Fsp3) is 0.103. The minimum Gasteiger partial charge on any atom is -0.310 e. The molecule has 0 spiro atoms. The van der Waals surface area contributed by atoms with Gasteiger partial charge < -0.3 is 4.90 Å². The molecule has 0 radical (unpaired) electrons. The summed E-state index contributed by atoms with van der Waals surface area (Å²) in [7, 11) is 0. The van der Waals surface area contributed by atoms with Gasteiger partial charge in [0, 0.05) is 27.9 Å². The maximum absolute atomic E-state index is 2.41. The molecule has 0 fully saturated rings. The van der Waals surface area contributed by atoms with Gasteiger partial charge in [0.15, 0.2) is 0 Å². The second kappa shape index (κ2) is 13.3. The molecular weight excluding hydrogens is 711 g/mol. The van der Waals surface area contributed by atoms with Gasteiger partial charge in [-0.3, -0.25) is 0 Å². The number of fused-ring (bicyclic) bond motifs is 7. The van der Waals surface area contributed by atoms with Crippen LogP contribution in [0.5, 0.6) is 0 Å². The Morgan fingerprint density at radius 2 is 0.797 bits per heavy atom. The van der Waals surface area contributed by atoms with Crippen LogP contribution in [0.2, 0.25) is 0 Å². The van der Waals surface area contributed by atoms with Crippen molar-refractivity contribution in [2.45, 2.75) is 38.5 Å². The maximum Gasteiger partial charge on any atom is 0.0467 e. The third-order valence-corrected chi connectivity index (χ3v) is 13.2. The Morgan fingerprint density at radius 1 is 0.288 bits per heavy atom. The Bertz CT molecular complexity index is 3090. The molecule has 2 aliphatic rings. The van der Waals surface area contributed by atoms with Crippen LogP contribution < -0.4 is 4.90 Å².